The van der Waals surface area contributed by atoms with Gasteiger partial charge in [0.05, 0.1) is 23.1 Å². The minimum Gasteiger partial charge on any atom is -0.492 e. The van der Waals surface area contributed by atoms with Crippen LogP contribution in [0.4, 0.5) is 5.69 Å². The molecule has 1 aliphatic rings. The number of imide groups is 1. The number of ether oxygens (including phenoxy) is 1. The second kappa shape index (κ2) is 7.61. The lowest BCUT2D eigenvalue weighted by Crippen LogP contribution is -2.31. The number of benzene rings is 2. The molecule has 0 unspecified atom stereocenters. The van der Waals surface area contributed by atoms with Gasteiger partial charge in [-0.05, 0) is 31.2 Å². The molecule has 2 aromatic rings. The number of hydrogen-bond acceptors (Lipinski definition) is 5. The third-order valence-corrected chi connectivity index (χ3v) is 5.16. The van der Waals surface area contributed by atoms with Gasteiger partial charge in [-0.15, -0.1) is 11.8 Å². The van der Waals surface area contributed by atoms with Crippen LogP contribution in [0.3, 0.4) is 0 Å². The van der Waals surface area contributed by atoms with Gasteiger partial charge in [-0.2, -0.15) is 0 Å². The Morgan fingerprint density at radius 1 is 1.19 bits per heavy atom. The molecule has 2 amide bonds. The number of nitrogens with zero attached hydrogens (tertiary/aromatic N) is 1. The number of carboxylic acids is 1. The van der Waals surface area contributed by atoms with Crippen molar-refractivity contribution in [2.75, 3.05) is 11.5 Å². The zero-order chi connectivity index (χ0) is 18.7. The van der Waals surface area contributed by atoms with Crippen molar-refractivity contribution in [1.82, 2.24) is 0 Å². The molecule has 1 atom stereocenters. The minimum absolute atomic E-state index is 0.0118. The summed E-state index contributed by atoms with van der Waals surface area (Å²) in [7, 11) is 0. The van der Waals surface area contributed by atoms with Crippen molar-refractivity contribution in [3.05, 3.63) is 54.1 Å². The quantitative estimate of drug-likeness (QED) is 0.785. The Labute approximate surface area is 154 Å². The maximum atomic E-state index is 12.8. The molecule has 3 rings (SSSR count). The fourth-order valence-corrected chi connectivity index (χ4v) is 3.95. The molecule has 6 nitrogen and oxygen atoms in total. The Morgan fingerprint density at radius 2 is 1.88 bits per heavy atom. The van der Waals surface area contributed by atoms with Crippen LogP contribution in [0.25, 0.3) is 0 Å². The van der Waals surface area contributed by atoms with E-state index in [1.165, 1.54) is 6.07 Å². The number of hydrogen-bond donors (Lipinski definition) is 1. The van der Waals surface area contributed by atoms with Gasteiger partial charge in [0.15, 0.2) is 0 Å². The van der Waals surface area contributed by atoms with Crippen molar-refractivity contribution < 1.29 is 24.2 Å². The monoisotopic (exact) mass is 371 g/mol. The minimum atomic E-state index is -1.07. The number of rotatable bonds is 6. The lowest BCUT2D eigenvalue weighted by molar-refractivity contribution is -0.121. The van der Waals surface area contributed by atoms with E-state index in [1.54, 1.807) is 42.5 Å². The van der Waals surface area contributed by atoms with Crippen molar-refractivity contribution in [2.24, 2.45) is 0 Å². The molecular formula is C19H17NO5S. The van der Waals surface area contributed by atoms with E-state index >= 15 is 0 Å². The molecule has 0 radical (unpaired) electrons. The molecule has 1 heterocycles. The van der Waals surface area contributed by atoms with E-state index in [2.05, 4.69) is 0 Å². The first kappa shape index (κ1) is 18.0. The summed E-state index contributed by atoms with van der Waals surface area (Å²) in [5.74, 6) is -1.29. The van der Waals surface area contributed by atoms with Crippen molar-refractivity contribution in [3.63, 3.8) is 0 Å². The number of anilines is 1. The van der Waals surface area contributed by atoms with Crippen LogP contribution in [-0.2, 0) is 9.59 Å². The topological polar surface area (TPSA) is 83.9 Å². The van der Waals surface area contributed by atoms with Crippen LogP contribution in [0.1, 0.15) is 23.7 Å². The molecular weight excluding hydrogens is 354 g/mol. The van der Waals surface area contributed by atoms with Crippen molar-refractivity contribution in [1.29, 1.82) is 0 Å². The number of carbonyl (C=O) groups excluding carboxylic acids is 2. The Kier molecular flexibility index (Phi) is 5.27. The van der Waals surface area contributed by atoms with Gasteiger partial charge in [0, 0.05) is 11.3 Å². The molecule has 0 saturated carbocycles. The molecule has 0 aromatic heterocycles. The van der Waals surface area contributed by atoms with Crippen molar-refractivity contribution in [2.45, 2.75) is 23.5 Å². The summed E-state index contributed by atoms with van der Waals surface area (Å²) in [6.07, 6.45) is 0.0118. The van der Waals surface area contributed by atoms with Gasteiger partial charge in [0.25, 0.3) is 0 Å². The van der Waals surface area contributed by atoms with E-state index < -0.39 is 11.2 Å². The molecule has 0 aliphatic carbocycles. The van der Waals surface area contributed by atoms with E-state index in [0.717, 1.165) is 16.7 Å². The smallest absolute Gasteiger partial charge is 0.336 e. The number of para-hydroxylation sites is 2. The third-order valence-electron chi connectivity index (χ3n) is 3.90. The van der Waals surface area contributed by atoms with Gasteiger partial charge in [0.2, 0.25) is 11.8 Å². The highest BCUT2D eigenvalue weighted by molar-refractivity contribution is 8.00. The van der Waals surface area contributed by atoms with Gasteiger partial charge in [-0.3, -0.25) is 9.59 Å². The first-order chi connectivity index (χ1) is 12.5. The molecule has 0 bridgehead atoms. The SMILES string of the molecule is CCOc1ccccc1N1C(=O)C[C@@H](Sc2ccccc2C(=O)O)C1=O. The molecule has 7 heteroatoms. The number of carbonyl (C=O) groups is 3. The Morgan fingerprint density at radius 3 is 2.62 bits per heavy atom. The molecule has 1 saturated heterocycles. The zero-order valence-corrected chi connectivity index (χ0v) is 14.9. The Balaban J connectivity index is 1.88. The van der Waals surface area contributed by atoms with Crippen LogP contribution in [0, 0.1) is 0 Å². The number of carboxylic acid groups (broad SMARTS) is 1. The van der Waals surface area contributed by atoms with Crippen LogP contribution in [0.5, 0.6) is 5.75 Å². The van der Waals surface area contributed by atoms with E-state index in [1.807, 2.05) is 6.92 Å². The predicted molar refractivity (Wildman–Crippen MR) is 97.8 cm³/mol. The number of amides is 2. The molecule has 0 spiro atoms. The first-order valence-corrected chi connectivity index (χ1v) is 8.98. The average Bonchev–Trinajstić information content (AvgIpc) is 2.90. The predicted octanol–water partition coefficient (Wildman–Crippen LogP) is 3.21. The summed E-state index contributed by atoms with van der Waals surface area (Å²) < 4.78 is 5.52. The summed E-state index contributed by atoms with van der Waals surface area (Å²) in [6.45, 7) is 2.24. The van der Waals surface area contributed by atoms with Crippen LogP contribution in [-0.4, -0.2) is 34.7 Å². The highest BCUT2D eigenvalue weighted by Gasteiger charge is 2.41. The molecule has 1 N–H and O–H groups in total. The summed E-state index contributed by atoms with van der Waals surface area (Å²) in [5, 5.41) is 8.62. The molecule has 26 heavy (non-hydrogen) atoms. The number of aromatic carboxylic acids is 1. The van der Waals surface area contributed by atoms with Gasteiger partial charge in [-0.25, -0.2) is 9.69 Å². The van der Waals surface area contributed by atoms with Gasteiger partial charge in [-0.1, -0.05) is 24.3 Å². The van der Waals surface area contributed by atoms with Crippen LogP contribution in [0.2, 0.25) is 0 Å². The lowest BCUT2D eigenvalue weighted by Gasteiger charge is -2.18. The maximum Gasteiger partial charge on any atom is 0.336 e. The fraction of sp³-hybridized carbons (Fsp3) is 0.211. The Hall–Kier alpha value is -2.80. The normalized spacial score (nSPS) is 16.8. The second-order valence-electron chi connectivity index (χ2n) is 5.58. The van der Waals surface area contributed by atoms with Crippen LogP contribution >= 0.6 is 11.8 Å². The first-order valence-electron chi connectivity index (χ1n) is 8.10. The van der Waals surface area contributed by atoms with Crippen LogP contribution in [0.15, 0.2) is 53.4 Å². The van der Waals surface area contributed by atoms with E-state index in [4.69, 9.17) is 4.74 Å². The number of thioether (sulfide) groups is 1. The van der Waals surface area contributed by atoms with Gasteiger partial charge < -0.3 is 9.84 Å². The zero-order valence-electron chi connectivity index (χ0n) is 14.0. The van der Waals surface area contributed by atoms with Gasteiger partial charge in [0.1, 0.15) is 5.75 Å². The van der Waals surface area contributed by atoms with Crippen LogP contribution < -0.4 is 9.64 Å². The summed E-state index contributed by atoms with van der Waals surface area (Å²) >= 11 is 1.10. The van der Waals surface area contributed by atoms with Crippen molar-refractivity contribution in [3.8, 4) is 5.75 Å². The van der Waals surface area contributed by atoms with E-state index in [-0.39, 0.29) is 23.8 Å². The molecule has 1 aliphatic heterocycles. The Bertz CT molecular complexity index is 867. The second-order valence-corrected chi connectivity index (χ2v) is 6.82. The van der Waals surface area contributed by atoms with Gasteiger partial charge >= 0.3 is 5.97 Å². The van der Waals surface area contributed by atoms with E-state index in [0.29, 0.717) is 22.9 Å². The van der Waals surface area contributed by atoms with Crippen molar-refractivity contribution >= 4 is 35.2 Å². The highest BCUT2D eigenvalue weighted by atomic mass is 32.2. The van der Waals surface area contributed by atoms with E-state index in [9.17, 15) is 19.5 Å². The molecule has 1 fully saturated rings. The molecule has 2 aromatic carbocycles. The lowest BCUT2D eigenvalue weighted by atomic mass is 10.2. The standard InChI is InChI=1S/C19H17NO5S/c1-2-25-14-9-5-4-8-13(14)20-17(21)11-16(18(20)22)26-15-10-6-3-7-12(15)19(23)24/h3-10,16H,2,11H2,1H3,(H,23,24)/t16-/m1/s1. The average molecular weight is 371 g/mol. The highest BCUT2D eigenvalue weighted by Crippen LogP contribution is 2.38. The maximum absolute atomic E-state index is 12.8. The largest absolute Gasteiger partial charge is 0.492 e. The third kappa shape index (κ3) is 3.43. The summed E-state index contributed by atoms with van der Waals surface area (Å²) in [5.41, 5.74) is 0.532. The molecule has 134 valence electrons. The fourth-order valence-electron chi connectivity index (χ4n) is 2.77. The summed E-state index contributed by atoms with van der Waals surface area (Å²) in [4.78, 5) is 38.3. The summed E-state index contributed by atoms with van der Waals surface area (Å²) in [6, 6.07) is 13.3.